The van der Waals surface area contributed by atoms with Crippen molar-refractivity contribution in [3.05, 3.63) is 33.4 Å². The van der Waals surface area contributed by atoms with Crippen LogP contribution in [0.1, 0.15) is 26.3 Å². The number of nitriles is 1. The summed E-state index contributed by atoms with van der Waals surface area (Å²) >= 11 is 0. The number of amides is 1. The minimum Gasteiger partial charge on any atom is -0.500 e. The van der Waals surface area contributed by atoms with Gasteiger partial charge in [0.2, 0.25) is 5.75 Å². The number of nitro groups is 1. The van der Waals surface area contributed by atoms with E-state index in [0.29, 0.717) is 13.1 Å². The average Bonchev–Trinajstić information content (AvgIpc) is 2.56. The number of phenolic OH excluding ortho intramolecular Hbond substituents is 1. The summed E-state index contributed by atoms with van der Waals surface area (Å²) in [5.41, 5.74) is -0.485. The second-order valence-corrected chi connectivity index (χ2v) is 4.72. The molecule has 0 bridgehead atoms. The van der Waals surface area contributed by atoms with Crippen LogP contribution in [-0.2, 0) is 4.79 Å². The van der Waals surface area contributed by atoms with Crippen LogP contribution in [0.3, 0.4) is 0 Å². The van der Waals surface area contributed by atoms with Gasteiger partial charge in [-0.2, -0.15) is 5.26 Å². The zero-order valence-electron chi connectivity index (χ0n) is 13.8. The van der Waals surface area contributed by atoms with E-state index in [-0.39, 0.29) is 23.5 Å². The third kappa shape index (κ3) is 4.23. The van der Waals surface area contributed by atoms with E-state index >= 15 is 0 Å². The summed E-state index contributed by atoms with van der Waals surface area (Å²) in [6.07, 6.45) is 1.25. The number of carbonyl (C=O) groups is 1. The fourth-order valence-corrected chi connectivity index (χ4v) is 2.09. The molecule has 0 aliphatic carbocycles. The molecule has 128 valence electrons. The van der Waals surface area contributed by atoms with Crippen molar-refractivity contribution < 1.29 is 19.6 Å². The van der Waals surface area contributed by atoms with Crippen LogP contribution in [0.25, 0.3) is 6.08 Å². The van der Waals surface area contributed by atoms with E-state index in [1.807, 2.05) is 6.07 Å². The molecule has 0 fully saturated rings. The van der Waals surface area contributed by atoms with Gasteiger partial charge < -0.3 is 14.7 Å². The van der Waals surface area contributed by atoms with Crippen molar-refractivity contribution in [2.75, 3.05) is 19.7 Å². The van der Waals surface area contributed by atoms with Crippen molar-refractivity contribution >= 4 is 17.7 Å². The Balaban J connectivity index is 3.41. The van der Waals surface area contributed by atoms with Crippen LogP contribution >= 0.6 is 0 Å². The highest BCUT2D eigenvalue weighted by atomic mass is 16.6. The molecule has 0 spiro atoms. The van der Waals surface area contributed by atoms with Crippen LogP contribution in [0.2, 0.25) is 0 Å². The molecule has 8 nitrogen and oxygen atoms in total. The van der Waals surface area contributed by atoms with Crippen LogP contribution in [0.4, 0.5) is 5.69 Å². The molecular weight excluding hydrogens is 314 g/mol. The van der Waals surface area contributed by atoms with E-state index in [0.717, 1.165) is 6.07 Å². The second kappa shape index (κ2) is 8.53. The Morgan fingerprint density at radius 2 is 2.04 bits per heavy atom. The number of benzene rings is 1. The molecule has 0 aromatic heterocycles. The van der Waals surface area contributed by atoms with Crippen LogP contribution in [0.15, 0.2) is 17.7 Å². The molecule has 1 amide bonds. The number of phenols is 1. The molecule has 0 unspecified atom stereocenters. The molecule has 24 heavy (non-hydrogen) atoms. The summed E-state index contributed by atoms with van der Waals surface area (Å²) < 4.78 is 5.17. The summed E-state index contributed by atoms with van der Waals surface area (Å²) in [4.78, 5) is 24.0. The number of carbonyl (C=O) groups excluding carboxylic acids is 1. The first kappa shape index (κ1) is 19.0. The summed E-state index contributed by atoms with van der Waals surface area (Å²) in [7, 11) is 0. The summed E-state index contributed by atoms with van der Waals surface area (Å²) in [6.45, 7) is 6.31. The number of rotatable bonds is 7. The summed E-state index contributed by atoms with van der Waals surface area (Å²) in [5, 5.41) is 30.1. The molecule has 0 heterocycles. The summed E-state index contributed by atoms with van der Waals surface area (Å²) in [6, 6.07) is 4.24. The van der Waals surface area contributed by atoms with Crippen molar-refractivity contribution in [3.8, 4) is 17.6 Å². The first-order valence-electron chi connectivity index (χ1n) is 7.44. The molecule has 1 aromatic carbocycles. The lowest BCUT2D eigenvalue weighted by Gasteiger charge is -2.17. The van der Waals surface area contributed by atoms with Gasteiger partial charge in [-0.1, -0.05) is 0 Å². The van der Waals surface area contributed by atoms with Gasteiger partial charge in [0, 0.05) is 19.2 Å². The Labute approximate surface area is 139 Å². The number of hydrogen-bond acceptors (Lipinski definition) is 6. The first-order valence-corrected chi connectivity index (χ1v) is 7.44. The Kier molecular flexibility index (Phi) is 6.74. The van der Waals surface area contributed by atoms with Gasteiger partial charge in [0.1, 0.15) is 11.6 Å². The van der Waals surface area contributed by atoms with Gasteiger partial charge >= 0.3 is 5.69 Å². The Bertz CT molecular complexity index is 702. The highest BCUT2D eigenvalue weighted by molar-refractivity contribution is 6.01. The van der Waals surface area contributed by atoms with Crippen LogP contribution < -0.4 is 4.74 Å². The van der Waals surface area contributed by atoms with Gasteiger partial charge in [-0.15, -0.1) is 0 Å². The molecule has 0 radical (unpaired) electrons. The molecule has 0 saturated carbocycles. The molecule has 0 aliphatic heterocycles. The van der Waals surface area contributed by atoms with Gasteiger partial charge in [0.05, 0.1) is 11.5 Å². The average molecular weight is 333 g/mol. The van der Waals surface area contributed by atoms with Crippen molar-refractivity contribution in [3.63, 3.8) is 0 Å². The van der Waals surface area contributed by atoms with Crippen molar-refractivity contribution in [2.24, 2.45) is 0 Å². The zero-order valence-corrected chi connectivity index (χ0v) is 13.8. The first-order chi connectivity index (χ1) is 11.4. The van der Waals surface area contributed by atoms with Crippen LogP contribution in [0.5, 0.6) is 11.5 Å². The van der Waals surface area contributed by atoms with E-state index < -0.39 is 22.3 Å². The smallest absolute Gasteiger partial charge is 0.315 e. The monoisotopic (exact) mass is 333 g/mol. The number of hydrogen-bond donors (Lipinski definition) is 1. The summed E-state index contributed by atoms with van der Waals surface area (Å²) in [5.74, 6) is -1.13. The quantitative estimate of drug-likeness (QED) is 0.354. The molecule has 1 aromatic rings. The fourth-order valence-electron chi connectivity index (χ4n) is 2.09. The molecule has 0 aliphatic rings. The topological polar surface area (TPSA) is 117 Å². The number of ether oxygens (including phenoxy) is 1. The van der Waals surface area contributed by atoms with E-state index in [1.165, 1.54) is 17.0 Å². The minimum absolute atomic E-state index is 0.0782. The normalized spacial score (nSPS) is 10.8. The lowest BCUT2D eigenvalue weighted by molar-refractivity contribution is -0.386. The highest BCUT2D eigenvalue weighted by Gasteiger charge is 2.21. The highest BCUT2D eigenvalue weighted by Crippen LogP contribution is 2.37. The van der Waals surface area contributed by atoms with Gasteiger partial charge in [-0.3, -0.25) is 14.9 Å². The predicted octanol–water partition coefficient (Wildman–Crippen LogP) is 2.47. The number of aromatic hydroxyl groups is 1. The van der Waals surface area contributed by atoms with E-state index in [9.17, 15) is 25.3 Å². The maximum atomic E-state index is 12.3. The van der Waals surface area contributed by atoms with Crippen LogP contribution in [-0.4, -0.2) is 40.5 Å². The number of nitrogens with zero attached hydrogens (tertiary/aromatic N) is 3. The molecule has 8 heteroatoms. The third-order valence-electron chi connectivity index (χ3n) is 3.29. The van der Waals surface area contributed by atoms with Crippen molar-refractivity contribution in [1.82, 2.24) is 4.90 Å². The Morgan fingerprint density at radius 3 is 2.50 bits per heavy atom. The molecular formula is C16H19N3O5. The number of nitro benzene ring substituents is 1. The van der Waals surface area contributed by atoms with Crippen molar-refractivity contribution in [1.29, 1.82) is 5.26 Å². The second-order valence-electron chi connectivity index (χ2n) is 4.72. The predicted molar refractivity (Wildman–Crippen MR) is 87.4 cm³/mol. The van der Waals surface area contributed by atoms with Gasteiger partial charge in [0.15, 0.2) is 5.75 Å². The minimum atomic E-state index is -0.756. The Morgan fingerprint density at radius 1 is 1.42 bits per heavy atom. The van der Waals surface area contributed by atoms with Crippen molar-refractivity contribution in [2.45, 2.75) is 20.8 Å². The molecule has 0 saturated heterocycles. The maximum absolute atomic E-state index is 12.3. The maximum Gasteiger partial charge on any atom is 0.315 e. The van der Waals surface area contributed by atoms with Gasteiger partial charge in [0.25, 0.3) is 5.91 Å². The standard InChI is InChI=1S/C16H19N3O5/c1-4-18(5-2)16(21)12(10-17)7-11-8-13(19(22)23)15(20)14(9-11)24-6-3/h7-9,20H,4-6H2,1-3H3/b12-7-. The molecule has 0 atom stereocenters. The largest absolute Gasteiger partial charge is 0.500 e. The van der Waals surface area contributed by atoms with Gasteiger partial charge in [-0.25, -0.2) is 0 Å². The SMILES string of the molecule is CCOc1cc(/C=C(/C#N)C(=O)N(CC)CC)cc([N+](=O)[O-])c1O. The third-order valence-corrected chi connectivity index (χ3v) is 3.29. The zero-order chi connectivity index (χ0) is 18.3. The van der Waals surface area contributed by atoms with E-state index in [1.54, 1.807) is 20.8 Å². The Hall–Kier alpha value is -3.08. The number of likely N-dealkylation sites (N-methyl/N-ethyl adjacent to an activating group) is 1. The molecule has 1 N–H and O–H groups in total. The van der Waals surface area contributed by atoms with Crippen LogP contribution in [0, 0.1) is 21.4 Å². The molecule has 1 rings (SSSR count). The lowest BCUT2D eigenvalue weighted by Crippen LogP contribution is -2.31. The lowest BCUT2D eigenvalue weighted by atomic mass is 10.1. The van der Waals surface area contributed by atoms with Gasteiger partial charge in [-0.05, 0) is 38.5 Å². The van der Waals surface area contributed by atoms with E-state index in [2.05, 4.69) is 0 Å². The van der Waals surface area contributed by atoms with E-state index in [4.69, 9.17) is 4.74 Å². The fraction of sp³-hybridized carbons (Fsp3) is 0.375.